The third kappa shape index (κ3) is 3.39. The Morgan fingerprint density at radius 1 is 1.33 bits per heavy atom. The Kier molecular flexibility index (Phi) is 4.57. The first-order valence-corrected chi connectivity index (χ1v) is 6.86. The Balaban J connectivity index is 2.06. The Morgan fingerprint density at radius 2 is 2.10 bits per heavy atom. The number of ether oxygens (including phenoxy) is 1. The molecule has 2 rings (SSSR count). The second-order valence-electron chi connectivity index (χ2n) is 4.79. The lowest BCUT2D eigenvalue weighted by Gasteiger charge is -2.26. The van der Waals surface area contributed by atoms with Gasteiger partial charge in [0.1, 0.15) is 0 Å². The molecule has 1 aliphatic rings. The molecule has 0 aliphatic carbocycles. The summed E-state index contributed by atoms with van der Waals surface area (Å²) in [4.78, 5) is 36.4. The highest BCUT2D eigenvalue weighted by atomic mass is 16.5. The minimum atomic E-state index is -0.603. The fourth-order valence-corrected chi connectivity index (χ4v) is 2.27. The van der Waals surface area contributed by atoms with Crippen LogP contribution in [-0.2, 0) is 16.0 Å². The highest BCUT2D eigenvalue weighted by Crippen LogP contribution is 2.27. The predicted octanol–water partition coefficient (Wildman–Crippen LogP) is 1.52. The number of alkyl carbamates (subject to hydrolysis) is 1. The molecule has 0 saturated heterocycles. The normalized spacial score (nSPS) is 13.6. The number of carbonyl (C=O) groups excluding carboxylic acids is 3. The van der Waals surface area contributed by atoms with Gasteiger partial charge in [0.2, 0.25) is 5.91 Å². The number of anilines is 1. The van der Waals surface area contributed by atoms with Crippen LogP contribution in [0.5, 0.6) is 0 Å². The number of hydrogen-bond acceptors (Lipinski definition) is 4. The number of Topliss-reactive ketones (excluding diaryl/α,β-unsaturated/α-hetero) is 1. The number of amides is 2. The molecule has 0 spiro atoms. The first-order valence-electron chi connectivity index (χ1n) is 6.86. The third-order valence-corrected chi connectivity index (χ3v) is 3.41. The maximum absolute atomic E-state index is 12.0. The van der Waals surface area contributed by atoms with Gasteiger partial charge in [-0.2, -0.15) is 0 Å². The van der Waals surface area contributed by atoms with Gasteiger partial charge >= 0.3 is 6.09 Å². The number of ketones is 1. The lowest BCUT2D eigenvalue weighted by atomic mass is 9.98. The summed E-state index contributed by atoms with van der Waals surface area (Å²) in [5.41, 5.74) is 2.33. The first kappa shape index (κ1) is 15.0. The Labute approximate surface area is 123 Å². The molecule has 0 bridgehead atoms. The molecule has 1 aromatic carbocycles. The van der Waals surface area contributed by atoms with E-state index in [1.807, 2.05) is 0 Å². The Morgan fingerprint density at radius 3 is 2.81 bits per heavy atom. The third-order valence-electron chi connectivity index (χ3n) is 3.41. The molecule has 0 fully saturated rings. The van der Waals surface area contributed by atoms with Crippen LogP contribution in [0, 0.1) is 0 Å². The molecule has 1 heterocycles. The van der Waals surface area contributed by atoms with E-state index in [0.29, 0.717) is 18.4 Å². The number of nitrogens with one attached hydrogen (secondary N) is 1. The summed E-state index contributed by atoms with van der Waals surface area (Å²) in [6.07, 6.45) is 0.474. The van der Waals surface area contributed by atoms with E-state index in [4.69, 9.17) is 4.74 Å². The lowest BCUT2D eigenvalue weighted by Crippen LogP contribution is -2.32. The first-order chi connectivity index (χ1) is 10.0. The molecule has 1 aromatic rings. The Hall–Kier alpha value is -2.37. The van der Waals surface area contributed by atoms with E-state index in [-0.39, 0.29) is 24.8 Å². The topological polar surface area (TPSA) is 75.7 Å². The number of aryl methyl sites for hydroxylation is 1. The molecule has 6 nitrogen and oxygen atoms in total. The van der Waals surface area contributed by atoms with Gasteiger partial charge in [-0.1, -0.05) is 0 Å². The maximum atomic E-state index is 12.0. The van der Waals surface area contributed by atoms with Gasteiger partial charge in [-0.25, -0.2) is 4.79 Å². The van der Waals surface area contributed by atoms with Crippen LogP contribution >= 0.6 is 0 Å². The van der Waals surface area contributed by atoms with Crippen LogP contribution in [0.1, 0.15) is 29.3 Å². The molecule has 0 atom stereocenters. The summed E-state index contributed by atoms with van der Waals surface area (Å²) in [6, 6.07) is 5.22. The van der Waals surface area contributed by atoms with Crippen molar-refractivity contribution in [2.24, 2.45) is 0 Å². The Bertz CT molecular complexity index is 583. The van der Waals surface area contributed by atoms with Crippen molar-refractivity contribution in [3.63, 3.8) is 0 Å². The fraction of sp³-hybridized carbons (Fsp3) is 0.400. The van der Waals surface area contributed by atoms with Crippen LogP contribution in [0.4, 0.5) is 10.5 Å². The number of nitrogens with zero attached hydrogens (tertiary/aromatic N) is 1. The number of carbonyl (C=O) groups is 3. The standard InChI is InChI=1S/C15H18N2O4/c1-3-21-15(20)16-9-13(18)11-4-6-12-10(8-11)5-7-14(19)17(12)2/h4,6,8H,3,5,7,9H2,1-2H3,(H,16,20). The van der Waals surface area contributed by atoms with Crippen LogP contribution in [0.15, 0.2) is 18.2 Å². The molecular weight excluding hydrogens is 272 g/mol. The van der Waals surface area contributed by atoms with Crippen LogP contribution in [-0.4, -0.2) is 38.0 Å². The number of fused-ring (bicyclic) bond motifs is 1. The van der Waals surface area contributed by atoms with Crippen molar-refractivity contribution in [3.8, 4) is 0 Å². The largest absolute Gasteiger partial charge is 0.450 e. The van der Waals surface area contributed by atoms with Crippen molar-refractivity contribution in [3.05, 3.63) is 29.3 Å². The summed E-state index contributed by atoms with van der Waals surface area (Å²) in [7, 11) is 1.73. The molecular formula is C15H18N2O4. The summed E-state index contributed by atoms with van der Waals surface area (Å²) in [6.45, 7) is 1.86. The minimum absolute atomic E-state index is 0.0746. The van der Waals surface area contributed by atoms with E-state index < -0.39 is 6.09 Å². The van der Waals surface area contributed by atoms with Gasteiger partial charge in [-0.15, -0.1) is 0 Å². The lowest BCUT2D eigenvalue weighted by molar-refractivity contribution is -0.118. The fourth-order valence-electron chi connectivity index (χ4n) is 2.27. The van der Waals surface area contributed by atoms with Crippen LogP contribution in [0.2, 0.25) is 0 Å². The predicted molar refractivity (Wildman–Crippen MR) is 77.5 cm³/mol. The second kappa shape index (κ2) is 6.39. The number of hydrogen-bond donors (Lipinski definition) is 1. The number of rotatable bonds is 4. The highest BCUT2D eigenvalue weighted by molar-refractivity contribution is 6.01. The molecule has 112 valence electrons. The molecule has 0 unspecified atom stereocenters. The van der Waals surface area contributed by atoms with Gasteiger partial charge in [-0.05, 0) is 37.1 Å². The maximum Gasteiger partial charge on any atom is 0.407 e. The zero-order valence-electron chi connectivity index (χ0n) is 12.1. The van der Waals surface area contributed by atoms with Gasteiger partial charge in [0, 0.05) is 24.7 Å². The quantitative estimate of drug-likeness (QED) is 0.853. The van der Waals surface area contributed by atoms with Crippen molar-refractivity contribution in [2.45, 2.75) is 19.8 Å². The van der Waals surface area contributed by atoms with E-state index in [2.05, 4.69) is 5.32 Å². The van der Waals surface area contributed by atoms with Crippen molar-refractivity contribution in [1.82, 2.24) is 5.32 Å². The molecule has 1 N–H and O–H groups in total. The molecule has 0 saturated carbocycles. The minimum Gasteiger partial charge on any atom is -0.450 e. The van der Waals surface area contributed by atoms with Crippen LogP contribution in [0.3, 0.4) is 0 Å². The number of benzene rings is 1. The van der Waals surface area contributed by atoms with Gasteiger partial charge in [0.25, 0.3) is 0 Å². The summed E-state index contributed by atoms with van der Waals surface area (Å²) < 4.78 is 4.70. The van der Waals surface area contributed by atoms with E-state index in [0.717, 1.165) is 11.3 Å². The summed E-state index contributed by atoms with van der Waals surface area (Å²) >= 11 is 0. The molecule has 2 amide bonds. The van der Waals surface area contributed by atoms with Crippen LogP contribution in [0.25, 0.3) is 0 Å². The monoisotopic (exact) mass is 290 g/mol. The van der Waals surface area contributed by atoms with Crippen molar-refractivity contribution in [1.29, 1.82) is 0 Å². The highest BCUT2D eigenvalue weighted by Gasteiger charge is 2.21. The van der Waals surface area contributed by atoms with Gasteiger partial charge < -0.3 is 15.0 Å². The van der Waals surface area contributed by atoms with Gasteiger partial charge in [-0.3, -0.25) is 9.59 Å². The zero-order chi connectivity index (χ0) is 15.4. The van der Waals surface area contributed by atoms with Gasteiger partial charge in [0.15, 0.2) is 5.78 Å². The second-order valence-corrected chi connectivity index (χ2v) is 4.79. The smallest absolute Gasteiger partial charge is 0.407 e. The summed E-state index contributed by atoms with van der Waals surface area (Å²) in [5, 5.41) is 2.40. The van der Waals surface area contributed by atoms with Crippen molar-refractivity contribution in [2.75, 3.05) is 25.1 Å². The van der Waals surface area contributed by atoms with Crippen molar-refractivity contribution < 1.29 is 19.1 Å². The van der Waals surface area contributed by atoms with E-state index in [9.17, 15) is 14.4 Å². The molecule has 0 aromatic heterocycles. The molecule has 21 heavy (non-hydrogen) atoms. The average Bonchev–Trinajstić information content (AvgIpc) is 2.48. The summed E-state index contributed by atoms with van der Waals surface area (Å²) in [5.74, 6) is -0.115. The van der Waals surface area contributed by atoms with E-state index in [1.165, 1.54) is 0 Å². The average molecular weight is 290 g/mol. The van der Waals surface area contributed by atoms with E-state index >= 15 is 0 Å². The van der Waals surface area contributed by atoms with E-state index in [1.54, 1.807) is 37.1 Å². The van der Waals surface area contributed by atoms with Crippen LogP contribution < -0.4 is 10.2 Å². The zero-order valence-corrected chi connectivity index (χ0v) is 12.1. The SMILES string of the molecule is CCOC(=O)NCC(=O)c1ccc2c(c1)CCC(=O)N2C. The molecule has 6 heteroatoms. The van der Waals surface area contributed by atoms with Gasteiger partial charge in [0.05, 0.1) is 13.2 Å². The van der Waals surface area contributed by atoms with Crippen molar-refractivity contribution >= 4 is 23.5 Å². The molecule has 0 radical (unpaired) electrons. The molecule has 1 aliphatic heterocycles.